The lowest BCUT2D eigenvalue weighted by atomic mass is 9.34. The molecule has 0 amide bonds. The summed E-state index contributed by atoms with van der Waals surface area (Å²) in [6.45, 7) is 14.0. The molecule has 83 heavy (non-hydrogen) atoms. The molecule has 0 aromatic heterocycles. The minimum absolute atomic E-state index is 0.119. The summed E-state index contributed by atoms with van der Waals surface area (Å²) in [4.78, 5) is 4.92. The number of benzene rings is 11. The molecule has 2 spiro atoms. The lowest BCUT2D eigenvalue weighted by molar-refractivity contribution is 0.434. The maximum absolute atomic E-state index is 7.63. The highest BCUT2D eigenvalue weighted by Crippen LogP contribution is 2.65. The second-order valence-electron chi connectivity index (χ2n) is 24.0. The number of rotatable bonds is 6. The third-order valence-corrected chi connectivity index (χ3v) is 18.6. The van der Waals surface area contributed by atoms with Crippen molar-refractivity contribution in [1.82, 2.24) is 0 Å². The average Bonchev–Trinajstić information content (AvgIpc) is 3.36. The monoisotopic (exact) mass is 1070 g/mol. The highest BCUT2D eigenvalue weighted by molar-refractivity contribution is 6.97. The van der Waals surface area contributed by atoms with Gasteiger partial charge in [0.05, 0.1) is 33.6 Å². The molecule has 0 bridgehead atoms. The van der Waals surface area contributed by atoms with Crippen LogP contribution in [0.1, 0.15) is 120 Å². The van der Waals surface area contributed by atoms with Crippen molar-refractivity contribution < 1.29 is 14.2 Å². The van der Waals surface area contributed by atoms with E-state index in [4.69, 9.17) is 14.2 Å². The normalized spacial score (nSPS) is 14.9. The van der Waals surface area contributed by atoms with Gasteiger partial charge in [0.2, 0.25) is 0 Å². The van der Waals surface area contributed by atoms with Gasteiger partial charge in [0, 0.05) is 45.8 Å². The van der Waals surface area contributed by atoms with Crippen LogP contribution in [0, 0.1) is 0 Å². The maximum Gasteiger partial charge on any atom is 0.251 e. The Labute approximate surface area is 487 Å². The van der Waals surface area contributed by atoms with Crippen LogP contribution in [0.4, 0.5) is 34.1 Å². The number of anilines is 6. The molecule has 0 fully saturated rings. The van der Waals surface area contributed by atoms with Gasteiger partial charge in [-0.15, -0.1) is 0 Å². The van der Waals surface area contributed by atoms with Crippen LogP contribution in [0.2, 0.25) is 0 Å². The number of para-hydroxylation sites is 8. The van der Waals surface area contributed by atoms with E-state index in [0.29, 0.717) is 5.92 Å². The minimum Gasteiger partial charge on any atom is -0.458 e. The predicted molar refractivity (Wildman–Crippen MR) is 340 cm³/mol. The third-order valence-electron chi connectivity index (χ3n) is 18.6. The first-order valence-corrected chi connectivity index (χ1v) is 29.5. The van der Waals surface area contributed by atoms with Gasteiger partial charge in [0.15, 0.2) is 0 Å². The second kappa shape index (κ2) is 18.5. The van der Waals surface area contributed by atoms with Crippen LogP contribution in [0.15, 0.2) is 243 Å². The topological polar surface area (TPSA) is 34.2 Å². The van der Waals surface area contributed by atoms with Gasteiger partial charge in [0.25, 0.3) is 6.71 Å². The fourth-order valence-corrected chi connectivity index (χ4v) is 15.1. The molecule has 5 aliphatic heterocycles. The summed E-state index contributed by atoms with van der Waals surface area (Å²) in [5.41, 5.74) is 22.3. The Bertz CT molecular complexity index is 4010. The molecule has 11 aromatic rings. The van der Waals surface area contributed by atoms with E-state index < -0.39 is 10.8 Å². The molecule has 0 N–H and O–H groups in total. The van der Waals surface area contributed by atoms with Gasteiger partial charge in [-0.25, -0.2) is 0 Å². The van der Waals surface area contributed by atoms with Crippen LogP contribution in [0.25, 0.3) is 0 Å². The smallest absolute Gasteiger partial charge is 0.251 e. The summed E-state index contributed by atoms with van der Waals surface area (Å²) in [5.74, 6) is 6.11. The Balaban J connectivity index is 0.913. The molecule has 0 aliphatic carbocycles. The van der Waals surface area contributed by atoms with Gasteiger partial charge in [0.1, 0.15) is 34.5 Å². The van der Waals surface area contributed by atoms with Crippen molar-refractivity contribution in [2.24, 2.45) is 0 Å². The third kappa shape index (κ3) is 6.90. The molecule has 0 radical (unpaired) electrons. The maximum atomic E-state index is 7.63. The van der Waals surface area contributed by atoms with E-state index in [-0.39, 0.29) is 18.5 Å². The van der Waals surface area contributed by atoms with E-state index >= 15 is 0 Å². The number of ether oxygens (including phenoxy) is 3. The van der Waals surface area contributed by atoms with Crippen molar-refractivity contribution in [1.29, 1.82) is 0 Å². The van der Waals surface area contributed by atoms with Crippen LogP contribution in [0.3, 0.4) is 0 Å². The predicted octanol–water partition coefficient (Wildman–Crippen LogP) is 18.2. The quantitative estimate of drug-likeness (QED) is 0.155. The number of hydrogen-bond acceptors (Lipinski definition) is 5. The van der Waals surface area contributed by atoms with Crippen LogP contribution in [0.5, 0.6) is 34.5 Å². The van der Waals surface area contributed by atoms with Gasteiger partial charge in [-0.1, -0.05) is 217 Å². The SMILES string of the molecule is CC(C)c1cc(C(C)C)c(B2c3ccc(N4c5ccccc5C5(c6ccccc6Oc6ccccc65)c5ccccc54)cc3Oc3cc(N4c5ccccc5C5(c6ccccc6Oc6ccccc65)c5ccccc54)ccc32)c(C(C)C)c1. The first-order chi connectivity index (χ1) is 40.7. The summed E-state index contributed by atoms with van der Waals surface area (Å²) < 4.78 is 21.1. The van der Waals surface area contributed by atoms with E-state index in [0.717, 1.165) is 102 Å². The Morgan fingerprint density at radius 1 is 0.301 bits per heavy atom. The fourth-order valence-electron chi connectivity index (χ4n) is 15.1. The molecule has 0 saturated carbocycles. The summed E-state index contributed by atoms with van der Waals surface area (Å²) >= 11 is 0. The summed E-state index contributed by atoms with van der Waals surface area (Å²) in [5, 5.41) is 0. The Hall–Kier alpha value is -9.52. The average molecular weight is 1070 g/mol. The molecule has 16 rings (SSSR count). The fraction of sp³-hybridized carbons (Fsp3) is 0.143. The van der Waals surface area contributed by atoms with Crippen molar-refractivity contribution in [3.8, 4) is 34.5 Å². The molecule has 0 atom stereocenters. The van der Waals surface area contributed by atoms with E-state index in [1.54, 1.807) is 0 Å². The number of nitrogens with zero attached hydrogens (tertiary/aromatic N) is 2. The van der Waals surface area contributed by atoms with Gasteiger partial charge < -0.3 is 24.0 Å². The lowest BCUT2D eigenvalue weighted by Gasteiger charge is -2.48. The van der Waals surface area contributed by atoms with E-state index in [1.165, 1.54) is 44.4 Å². The first-order valence-electron chi connectivity index (χ1n) is 29.5. The minimum atomic E-state index is -0.647. The zero-order chi connectivity index (χ0) is 55.9. The highest BCUT2D eigenvalue weighted by atomic mass is 16.5. The molecule has 6 heteroatoms. The molecule has 400 valence electrons. The Kier molecular flexibility index (Phi) is 11.0. The van der Waals surface area contributed by atoms with Crippen LogP contribution in [-0.2, 0) is 10.8 Å². The van der Waals surface area contributed by atoms with Gasteiger partial charge in [-0.2, -0.15) is 0 Å². The first kappa shape index (κ1) is 49.3. The number of fused-ring (bicyclic) bond motifs is 18. The van der Waals surface area contributed by atoms with E-state index in [9.17, 15) is 0 Å². The molecule has 0 unspecified atom stereocenters. The number of hydrogen-bond donors (Lipinski definition) is 0. The Morgan fingerprint density at radius 3 is 0.904 bits per heavy atom. The van der Waals surface area contributed by atoms with Crippen LogP contribution < -0.4 is 40.4 Å². The van der Waals surface area contributed by atoms with E-state index in [1.807, 2.05) is 0 Å². The molecule has 11 aromatic carbocycles. The van der Waals surface area contributed by atoms with Crippen molar-refractivity contribution in [3.05, 3.63) is 304 Å². The van der Waals surface area contributed by atoms with Crippen LogP contribution in [-0.4, -0.2) is 6.71 Å². The van der Waals surface area contributed by atoms with Crippen LogP contribution >= 0.6 is 0 Å². The van der Waals surface area contributed by atoms with Gasteiger partial charge in [-0.3, -0.25) is 0 Å². The lowest BCUT2D eigenvalue weighted by Crippen LogP contribution is -2.57. The van der Waals surface area contributed by atoms with Crippen molar-refractivity contribution in [2.45, 2.75) is 70.1 Å². The van der Waals surface area contributed by atoms with E-state index in [2.05, 4.69) is 294 Å². The molecule has 5 nitrogen and oxygen atoms in total. The van der Waals surface area contributed by atoms with Gasteiger partial charge >= 0.3 is 0 Å². The van der Waals surface area contributed by atoms with Crippen molar-refractivity contribution in [3.63, 3.8) is 0 Å². The van der Waals surface area contributed by atoms with Crippen molar-refractivity contribution in [2.75, 3.05) is 9.80 Å². The molecular formula is C77H61BN2O3. The molecular weight excluding hydrogens is 1010 g/mol. The molecule has 0 saturated heterocycles. The summed E-state index contributed by atoms with van der Waals surface area (Å²) in [6, 6.07) is 89.2. The zero-order valence-corrected chi connectivity index (χ0v) is 47.5. The largest absolute Gasteiger partial charge is 0.458 e. The second-order valence-corrected chi connectivity index (χ2v) is 24.0. The summed E-state index contributed by atoms with van der Waals surface area (Å²) in [7, 11) is 0. The molecule has 5 aliphatic rings. The Morgan fingerprint density at radius 2 is 0.590 bits per heavy atom. The highest BCUT2D eigenvalue weighted by Gasteiger charge is 2.53. The van der Waals surface area contributed by atoms with Gasteiger partial charge in [-0.05, 0) is 128 Å². The molecule has 5 heterocycles. The standard InChI is InChI=1S/C77H61BN2O3/c1-47(2)50-43-53(48(3)4)75(54(44-50)49(5)6)78-63-41-39-51(79-65-31-15-7-23-55(65)76(56-24-8-16-32-66(56)79)59-27-11-19-35-69(59)81-70-36-20-12-28-60(70)76)45-73(63)83-74-46-52(40-42-64(74)78)80-67-33-17-9-25-57(67)77(58-26-10-18-34-68(58)80)61-29-13-21-37-71(61)82-72-38-22-14-30-62(72)77/h7-49H,1-6H3. The summed E-state index contributed by atoms with van der Waals surface area (Å²) in [6.07, 6.45) is 0. The zero-order valence-electron chi connectivity index (χ0n) is 47.5. The van der Waals surface area contributed by atoms with Crippen molar-refractivity contribution >= 4 is 57.2 Å².